The second-order valence-corrected chi connectivity index (χ2v) is 9.56. The number of carbonyl (C=O) groups excluding carboxylic acids is 1. The first-order valence-corrected chi connectivity index (χ1v) is 14.0. The maximum absolute atomic E-state index is 14.1. The summed E-state index contributed by atoms with van der Waals surface area (Å²) in [5.41, 5.74) is 1.18. The molecule has 0 aromatic heterocycles. The van der Waals surface area contributed by atoms with Crippen molar-refractivity contribution in [2.24, 2.45) is 0 Å². The molecule has 0 spiro atoms. The Balaban J connectivity index is 1.68. The molecule has 2 aromatic rings. The lowest BCUT2D eigenvalue weighted by atomic mass is 10.1. The highest BCUT2D eigenvalue weighted by Gasteiger charge is 2.09. The fourth-order valence-electron chi connectivity index (χ4n) is 4.06. The molecule has 3 nitrogen and oxygen atoms in total. The molecule has 36 heavy (non-hydrogen) atoms. The van der Waals surface area contributed by atoms with E-state index in [1.54, 1.807) is 42.5 Å². The largest absolute Gasteiger partial charge is 0.494 e. The first kappa shape index (κ1) is 29.6. The smallest absolute Gasteiger partial charge is 0.343 e. The maximum atomic E-state index is 14.1. The highest BCUT2D eigenvalue weighted by Crippen LogP contribution is 2.20. The molecule has 0 unspecified atom stereocenters. The molecule has 2 aromatic carbocycles. The normalized spacial score (nSPS) is 11.5. The summed E-state index contributed by atoms with van der Waals surface area (Å²) in [6.45, 7) is 5.12. The number of unbranched alkanes of at least 4 members (excludes halogenated alkanes) is 11. The summed E-state index contributed by atoms with van der Waals surface area (Å²) >= 11 is 0. The van der Waals surface area contributed by atoms with Gasteiger partial charge in [-0.05, 0) is 67.3 Å². The van der Waals surface area contributed by atoms with Crippen LogP contribution in [0.1, 0.15) is 120 Å². The molecule has 0 heterocycles. The van der Waals surface area contributed by atoms with E-state index >= 15 is 0 Å². The Morgan fingerprint density at radius 3 is 1.83 bits per heavy atom. The van der Waals surface area contributed by atoms with Crippen LogP contribution in [0.3, 0.4) is 0 Å². The summed E-state index contributed by atoms with van der Waals surface area (Å²) in [5.74, 6) is 0.694. The Morgan fingerprint density at radius 1 is 0.694 bits per heavy atom. The lowest BCUT2D eigenvalue weighted by Crippen LogP contribution is -2.08. The van der Waals surface area contributed by atoms with Crippen LogP contribution in [0.4, 0.5) is 4.39 Å². The standard InChI is InChI=1S/C32H45FO3/c1-3-5-7-9-10-11-13-15-25-35-30-21-23-31(24-22-30)36-32(34)28-19-17-27(18-20-28)26-29(33)16-14-12-8-6-4-2/h17-24,26H,3-16,25H2,1-2H3/b29-26+. The topological polar surface area (TPSA) is 35.5 Å². The van der Waals surface area contributed by atoms with Gasteiger partial charge in [0, 0.05) is 0 Å². The summed E-state index contributed by atoms with van der Waals surface area (Å²) in [6, 6.07) is 14.0. The minimum Gasteiger partial charge on any atom is -0.494 e. The number of ether oxygens (including phenoxy) is 2. The van der Waals surface area contributed by atoms with E-state index in [1.807, 2.05) is 12.1 Å². The fraction of sp³-hybridized carbons (Fsp3) is 0.531. The molecule has 0 bridgehead atoms. The maximum Gasteiger partial charge on any atom is 0.343 e. The summed E-state index contributed by atoms with van der Waals surface area (Å²) in [4.78, 5) is 12.5. The van der Waals surface area contributed by atoms with Crippen LogP contribution < -0.4 is 9.47 Å². The van der Waals surface area contributed by atoms with Crippen molar-refractivity contribution < 1.29 is 18.7 Å². The molecule has 0 amide bonds. The molecule has 0 aliphatic carbocycles. The number of benzene rings is 2. The number of esters is 1. The molecule has 2 rings (SSSR count). The van der Waals surface area contributed by atoms with Crippen LogP contribution in [0.15, 0.2) is 54.4 Å². The summed E-state index contributed by atoms with van der Waals surface area (Å²) in [7, 11) is 0. The van der Waals surface area contributed by atoms with Crippen molar-refractivity contribution in [1.82, 2.24) is 0 Å². The van der Waals surface area contributed by atoms with Gasteiger partial charge in [-0.3, -0.25) is 0 Å². The van der Waals surface area contributed by atoms with Gasteiger partial charge in [0.15, 0.2) is 0 Å². The minimum atomic E-state index is -0.436. The Hall–Kier alpha value is -2.62. The number of halogens is 1. The number of allylic oxidation sites excluding steroid dienone is 1. The molecule has 0 radical (unpaired) electrons. The van der Waals surface area contributed by atoms with Gasteiger partial charge in [0.1, 0.15) is 17.3 Å². The van der Waals surface area contributed by atoms with E-state index in [4.69, 9.17) is 9.47 Å². The molecular weight excluding hydrogens is 451 g/mol. The van der Waals surface area contributed by atoms with Gasteiger partial charge >= 0.3 is 5.97 Å². The third kappa shape index (κ3) is 12.9. The molecule has 0 fully saturated rings. The minimum absolute atomic E-state index is 0.119. The van der Waals surface area contributed by atoms with Crippen molar-refractivity contribution in [3.05, 3.63) is 65.5 Å². The Bertz CT molecular complexity index is 871. The van der Waals surface area contributed by atoms with E-state index in [2.05, 4.69) is 13.8 Å². The van der Waals surface area contributed by atoms with Gasteiger partial charge < -0.3 is 9.47 Å². The van der Waals surface area contributed by atoms with Gasteiger partial charge in [0.25, 0.3) is 0 Å². The van der Waals surface area contributed by atoms with Crippen LogP contribution in [0.2, 0.25) is 0 Å². The zero-order valence-corrected chi connectivity index (χ0v) is 22.4. The number of hydrogen-bond donors (Lipinski definition) is 0. The second kappa shape index (κ2) is 18.6. The molecule has 0 N–H and O–H groups in total. The van der Waals surface area contributed by atoms with E-state index in [-0.39, 0.29) is 5.83 Å². The highest BCUT2D eigenvalue weighted by atomic mass is 19.1. The lowest BCUT2D eigenvalue weighted by molar-refractivity contribution is 0.0734. The van der Waals surface area contributed by atoms with Gasteiger partial charge in [-0.25, -0.2) is 9.18 Å². The first-order valence-electron chi connectivity index (χ1n) is 14.0. The van der Waals surface area contributed by atoms with Gasteiger partial charge in [0.05, 0.1) is 12.2 Å². The van der Waals surface area contributed by atoms with Gasteiger partial charge in [-0.2, -0.15) is 0 Å². The van der Waals surface area contributed by atoms with E-state index in [0.717, 1.165) is 37.0 Å². The summed E-state index contributed by atoms with van der Waals surface area (Å²) in [6.07, 6.45) is 17.7. The van der Waals surface area contributed by atoms with E-state index in [1.165, 1.54) is 57.8 Å². The van der Waals surface area contributed by atoms with E-state index < -0.39 is 5.97 Å². The summed E-state index contributed by atoms with van der Waals surface area (Å²) in [5, 5.41) is 0. The SMILES string of the molecule is CCCCCCCCCCOc1ccc(OC(=O)c2ccc(/C=C(/F)CCCCCCC)cc2)cc1. The molecule has 0 atom stereocenters. The van der Waals surface area contributed by atoms with Crippen molar-refractivity contribution in [3.63, 3.8) is 0 Å². The van der Waals surface area contributed by atoms with Crippen LogP contribution in [-0.2, 0) is 0 Å². The van der Waals surface area contributed by atoms with Crippen molar-refractivity contribution in [2.45, 2.75) is 104 Å². The molecule has 0 saturated carbocycles. The van der Waals surface area contributed by atoms with Crippen molar-refractivity contribution in [1.29, 1.82) is 0 Å². The van der Waals surface area contributed by atoms with Gasteiger partial charge in [-0.15, -0.1) is 0 Å². The number of carbonyl (C=O) groups is 1. The monoisotopic (exact) mass is 496 g/mol. The lowest BCUT2D eigenvalue weighted by Gasteiger charge is -2.08. The molecule has 0 aliphatic rings. The quantitative estimate of drug-likeness (QED) is 0.110. The fourth-order valence-corrected chi connectivity index (χ4v) is 4.06. The average Bonchev–Trinajstić information content (AvgIpc) is 2.89. The van der Waals surface area contributed by atoms with Gasteiger partial charge in [-0.1, -0.05) is 96.6 Å². The molecular formula is C32H45FO3. The van der Waals surface area contributed by atoms with Crippen LogP contribution >= 0.6 is 0 Å². The predicted molar refractivity (Wildman–Crippen MR) is 148 cm³/mol. The Kier molecular flexibility index (Phi) is 15.3. The Labute approximate surface area is 218 Å². The number of hydrogen-bond acceptors (Lipinski definition) is 3. The third-order valence-electron chi connectivity index (χ3n) is 6.29. The van der Waals surface area contributed by atoms with E-state index in [9.17, 15) is 9.18 Å². The van der Waals surface area contributed by atoms with Crippen molar-refractivity contribution in [2.75, 3.05) is 6.61 Å². The van der Waals surface area contributed by atoms with Crippen LogP contribution in [0, 0.1) is 0 Å². The predicted octanol–water partition coefficient (Wildman–Crippen LogP) is 10.1. The summed E-state index contributed by atoms with van der Waals surface area (Å²) < 4.78 is 25.4. The van der Waals surface area contributed by atoms with Crippen molar-refractivity contribution >= 4 is 12.0 Å². The zero-order valence-electron chi connectivity index (χ0n) is 22.4. The molecule has 4 heteroatoms. The van der Waals surface area contributed by atoms with Crippen molar-refractivity contribution in [3.8, 4) is 11.5 Å². The third-order valence-corrected chi connectivity index (χ3v) is 6.29. The molecule has 0 aliphatic heterocycles. The number of rotatable bonds is 19. The Morgan fingerprint density at radius 2 is 1.22 bits per heavy atom. The molecule has 198 valence electrons. The zero-order chi connectivity index (χ0) is 25.8. The van der Waals surface area contributed by atoms with Crippen LogP contribution in [0.25, 0.3) is 6.08 Å². The van der Waals surface area contributed by atoms with Crippen LogP contribution in [0.5, 0.6) is 11.5 Å². The first-order chi connectivity index (χ1) is 17.6. The second-order valence-electron chi connectivity index (χ2n) is 9.56. The highest BCUT2D eigenvalue weighted by molar-refractivity contribution is 5.91. The molecule has 0 saturated heterocycles. The van der Waals surface area contributed by atoms with Gasteiger partial charge in [0.2, 0.25) is 0 Å². The average molecular weight is 497 g/mol. The van der Waals surface area contributed by atoms with Crippen LogP contribution in [-0.4, -0.2) is 12.6 Å². The van der Waals surface area contributed by atoms with E-state index in [0.29, 0.717) is 24.3 Å².